The molecule has 0 radical (unpaired) electrons. The van der Waals surface area contributed by atoms with Gasteiger partial charge in [0.05, 0.1) is 12.8 Å². The lowest BCUT2D eigenvalue weighted by atomic mass is 10.4. The Morgan fingerprint density at radius 2 is 2.29 bits per heavy atom. The first-order chi connectivity index (χ1) is 8.20. The van der Waals surface area contributed by atoms with Crippen LogP contribution in [0.4, 0.5) is 11.5 Å². The van der Waals surface area contributed by atoms with Gasteiger partial charge in [0.1, 0.15) is 5.82 Å². The summed E-state index contributed by atoms with van der Waals surface area (Å²) < 4.78 is 5.07. The van der Waals surface area contributed by atoms with E-state index in [2.05, 4.69) is 22.2 Å². The van der Waals surface area contributed by atoms with E-state index < -0.39 is 0 Å². The predicted octanol–water partition coefficient (Wildman–Crippen LogP) is 1.18. The van der Waals surface area contributed by atoms with Crippen molar-refractivity contribution in [3.8, 4) is 5.88 Å². The summed E-state index contributed by atoms with van der Waals surface area (Å²) in [5.74, 6) is 1.28. The minimum Gasteiger partial charge on any atom is -0.479 e. The van der Waals surface area contributed by atoms with Crippen LogP contribution in [0, 0.1) is 0 Å². The SMILES string of the molecule is COc1nc(NCCN(C)C2CC2)ccc1N. The number of nitrogen functional groups attached to an aromatic ring is 1. The van der Waals surface area contributed by atoms with Crippen LogP contribution in [-0.2, 0) is 0 Å². The highest BCUT2D eigenvalue weighted by Crippen LogP contribution is 2.25. The lowest BCUT2D eigenvalue weighted by Crippen LogP contribution is -2.27. The predicted molar refractivity (Wildman–Crippen MR) is 69.3 cm³/mol. The second-order valence-corrected chi connectivity index (χ2v) is 4.43. The third kappa shape index (κ3) is 3.23. The Balaban J connectivity index is 1.81. The molecule has 0 amide bonds. The minimum absolute atomic E-state index is 0.477. The van der Waals surface area contributed by atoms with E-state index in [0.717, 1.165) is 24.9 Å². The normalized spacial score (nSPS) is 15.0. The van der Waals surface area contributed by atoms with Crippen LogP contribution in [0.3, 0.4) is 0 Å². The molecule has 5 nitrogen and oxygen atoms in total. The van der Waals surface area contributed by atoms with E-state index in [1.165, 1.54) is 12.8 Å². The molecular weight excluding hydrogens is 216 g/mol. The highest BCUT2D eigenvalue weighted by Gasteiger charge is 2.25. The first kappa shape index (κ1) is 12.0. The van der Waals surface area contributed by atoms with E-state index in [9.17, 15) is 0 Å². The van der Waals surface area contributed by atoms with Crippen LogP contribution in [0.1, 0.15) is 12.8 Å². The largest absolute Gasteiger partial charge is 0.479 e. The van der Waals surface area contributed by atoms with Crippen molar-refractivity contribution in [3.63, 3.8) is 0 Å². The third-order valence-electron chi connectivity index (χ3n) is 3.02. The first-order valence-corrected chi connectivity index (χ1v) is 5.95. The van der Waals surface area contributed by atoms with E-state index in [0.29, 0.717) is 11.6 Å². The van der Waals surface area contributed by atoms with E-state index >= 15 is 0 Å². The summed E-state index contributed by atoms with van der Waals surface area (Å²) in [6.45, 7) is 1.91. The maximum Gasteiger partial charge on any atom is 0.238 e. The molecule has 2 rings (SSSR count). The van der Waals surface area contributed by atoms with Gasteiger partial charge in [-0.2, -0.15) is 4.98 Å². The summed E-state index contributed by atoms with van der Waals surface area (Å²) in [7, 11) is 3.74. The number of ether oxygens (including phenoxy) is 1. The average Bonchev–Trinajstić information content (AvgIpc) is 3.15. The van der Waals surface area contributed by atoms with Gasteiger partial charge < -0.3 is 20.7 Å². The molecule has 0 aromatic carbocycles. The van der Waals surface area contributed by atoms with Gasteiger partial charge in [0.2, 0.25) is 5.88 Å². The van der Waals surface area contributed by atoms with Crippen LogP contribution >= 0.6 is 0 Å². The lowest BCUT2D eigenvalue weighted by molar-refractivity contribution is 0.337. The zero-order chi connectivity index (χ0) is 12.3. The highest BCUT2D eigenvalue weighted by atomic mass is 16.5. The van der Waals surface area contributed by atoms with Crippen molar-refractivity contribution in [3.05, 3.63) is 12.1 Å². The molecule has 1 aliphatic carbocycles. The van der Waals surface area contributed by atoms with Crippen LogP contribution < -0.4 is 15.8 Å². The summed E-state index contributed by atoms with van der Waals surface area (Å²) in [6, 6.07) is 4.47. The molecule has 0 spiro atoms. The fourth-order valence-electron chi connectivity index (χ4n) is 1.77. The quantitative estimate of drug-likeness (QED) is 0.776. The molecule has 0 saturated heterocycles. The van der Waals surface area contributed by atoms with Crippen molar-refractivity contribution in [2.75, 3.05) is 38.3 Å². The van der Waals surface area contributed by atoms with Gasteiger partial charge >= 0.3 is 0 Å². The molecule has 1 aromatic rings. The Morgan fingerprint density at radius 1 is 1.53 bits per heavy atom. The standard InChI is InChI=1S/C12H20N4O/c1-16(9-3-4-9)8-7-14-11-6-5-10(13)12(15-11)17-2/h5-6,9H,3-4,7-8,13H2,1-2H3,(H,14,15). The Kier molecular flexibility index (Phi) is 3.68. The molecule has 0 unspecified atom stereocenters. The fourth-order valence-corrected chi connectivity index (χ4v) is 1.77. The van der Waals surface area contributed by atoms with Crippen LogP contribution in [0.2, 0.25) is 0 Å². The van der Waals surface area contributed by atoms with Crippen molar-refractivity contribution in [1.29, 1.82) is 0 Å². The summed E-state index contributed by atoms with van der Waals surface area (Å²) in [6.07, 6.45) is 2.68. The molecule has 0 bridgehead atoms. The molecule has 17 heavy (non-hydrogen) atoms. The number of anilines is 2. The molecule has 1 aliphatic rings. The number of hydrogen-bond donors (Lipinski definition) is 2. The van der Waals surface area contributed by atoms with Crippen LogP contribution in [0.15, 0.2) is 12.1 Å². The number of pyridine rings is 1. The zero-order valence-corrected chi connectivity index (χ0v) is 10.4. The summed E-state index contributed by atoms with van der Waals surface area (Å²) >= 11 is 0. The number of methoxy groups -OCH3 is 1. The van der Waals surface area contributed by atoms with Crippen molar-refractivity contribution >= 4 is 11.5 Å². The van der Waals surface area contributed by atoms with Crippen molar-refractivity contribution in [2.24, 2.45) is 0 Å². The second-order valence-electron chi connectivity index (χ2n) is 4.43. The number of aromatic nitrogens is 1. The van der Waals surface area contributed by atoms with Crippen LogP contribution in [-0.4, -0.2) is 43.2 Å². The molecule has 1 saturated carbocycles. The number of nitrogens with zero attached hydrogens (tertiary/aromatic N) is 2. The van der Waals surface area contributed by atoms with E-state index in [4.69, 9.17) is 10.5 Å². The van der Waals surface area contributed by atoms with E-state index in [1.807, 2.05) is 6.07 Å². The van der Waals surface area contributed by atoms with Crippen molar-refractivity contribution < 1.29 is 4.74 Å². The van der Waals surface area contributed by atoms with Gasteiger partial charge in [-0.05, 0) is 32.0 Å². The monoisotopic (exact) mass is 236 g/mol. The van der Waals surface area contributed by atoms with Gasteiger partial charge in [-0.25, -0.2) is 0 Å². The van der Waals surface area contributed by atoms with Gasteiger partial charge in [-0.15, -0.1) is 0 Å². The molecule has 3 N–H and O–H groups in total. The topological polar surface area (TPSA) is 63.4 Å². The number of nitrogens with one attached hydrogen (secondary N) is 1. The smallest absolute Gasteiger partial charge is 0.238 e. The molecule has 5 heteroatoms. The van der Waals surface area contributed by atoms with Gasteiger partial charge in [0, 0.05) is 19.1 Å². The summed E-state index contributed by atoms with van der Waals surface area (Å²) in [5.41, 5.74) is 6.26. The Labute approximate surface area is 102 Å². The molecule has 1 aromatic heterocycles. The van der Waals surface area contributed by atoms with Gasteiger partial charge in [-0.1, -0.05) is 0 Å². The first-order valence-electron chi connectivity index (χ1n) is 5.95. The van der Waals surface area contributed by atoms with Gasteiger partial charge in [-0.3, -0.25) is 0 Å². The van der Waals surface area contributed by atoms with Gasteiger partial charge in [0.15, 0.2) is 0 Å². The Hall–Kier alpha value is -1.49. The maximum absolute atomic E-state index is 5.70. The number of likely N-dealkylation sites (N-methyl/N-ethyl adjacent to an activating group) is 1. The molecule has 0 atom stereocenters. The minimum atomic E-state index is 0.477. The second kappa shape index (κ2) is 5.23. The average molecular weight is 236 g/mol. The van der Waals surface area contributed by atoms with Crippen LogP contribution in [0.5, 0.6) is 5.88 Å². The van der Waals surface area contributed by atoms with Crippen molar-refractivity contribution in [1.82, 2.24) is 9.88 Å². The summed E-state index contributed by atoms with van der Waals surface area (Å²) in [4.78, 5) is 6.65. The lowest BCUT2D eigenvalue weighted by Gasteiger charge is -2.16. The fraction of sp³-hybridized carbons (Fsp3) is 0.583. The van der Waals surface area contributed by atoms with E-state index in [1.54, 1.807) is 13.2 Å². The molecule has 1 heterocycles. The number of nitrogens with two attached hydrogens (primary N) is 1. The van der Waals surface area contributed by atoms with Gasteiger partial charge in [0.25, 0.3) is 0 Å². The Morgan fingerprint density at radius 3 is 2.94 bits per heavy atom. The molecule has 94 valence electrons. The van der Waals surface area contributed by atoms with E-state index in [-0.39, 0.29) is 0 Å². The number of hydrogen-bond acceptors (Lipinski definition) is 5. The molecule has 1 fully saturated rings. The number of rotatable bonds is 6. The molecule has 0 aliphatic heterocycles. The summed E-state index contributed by atoms with van der Waals surface area (Å²) in [5, 5.41) is 3.27. The third-order valence-corrected chi connectivity index (χ3v) is 3.02. The molecular formula is C12H20N4O. The Bertz CT molecular complexity index is 379. The highest BCUT2D eigenvalue weighted by molar-refractivity contribution is 5.53. The maximum atomic E-state index is 5.70. The van der Waals surface area contributed by atoms with Crippen molar-refractivity contribution in [2.45, 2.75) is 18.9 Å². The van der Waals surface area contributed by atoms with Crippen LogP contribution in [0.25, 0.3) is 0 Å². The zero-order valence-electron chi connectivity index (χ0n) is 10.4.